The van der Waals surface area contributed by atoms with E-state index >= 15 is 0 Å². The summed E-state index contributed by atoms with van der Waals surface area (Å²) in [6.45, 7) is 4.32. The van der Waals surface area contributed by atoms with E-state index in [1.165, 1.54) is 0 Å². The predicted molar refractivity (Wildman–Crippen MR) is 87.2 cm³/mol. The minimum atomic E-state index is 0.488. The number of halogens is 1. The van der Waals surface area contributed by atoms with E-state index in [4.69, 9.17) is 20.9 Å². The molecule has 0 bridgehead atoms. The molecule has 3 nitrogen and oxygen atoms in total. The quantitative estimate of drug-likeness (QED) is 0.664. The van der Waals surface area contributed by atoms with Crippen molar-refractivity contribution in [2.75, 3.05) is 0 Å². The van der Waals surface area contributed by atoms with Crippen molar-refractivity contribution in [2.45, 2.75) is 20.5 Å². The highest BCUT2D eigenvalue weighted by Crippen LogP contribution is 2.35. The van der Waals surface area contributed by atoms with Crippen LogP contribution in [-0.4, -0.2) is 5.16 Å². The van der Waals surface area contributed by atoms with Gasteiger partial charge in [-0.3, -0.25) is 0 Å². The van der Waals surface area contributed by atoms with Gasteiger partial charge in [0.1, 0.15) is 12.4 Å². The molecule has 0 fully saturated rings. The second kappa shape index (κ2) is 6.24. The number of nitrogens with zero attached hydrogens (tertiary/aromatic N) is 1. The molecule has 0 amide bonds. The molecule has 0 aliphatic carbocycles. The van der Waals surface area contributed by atoms with Crippen molar-refractivity contribution in [1.29, 1.82) is 0 Å². The predicted octanol–water partition coefficient (Wildman–Crippen LogP) is 5.19. The standard InChI is InChI=1S/C18H16ClNO2/c1-12-8-17(21-11-14-6-4-3-5-7-14)15(10-16(12)19)18-9-13(2)20-22-18/h3-10H,11H2,1-2H3. The van der Waals surface area contributed by atoms with Gasteiger partial charge in [0.25, 0.3) is 0 Å². The molecule has 0 aliphatic rings. The zero-order valence-corrected chi connectivity index (χ0v) is 13.2. The number of hydrogen-bond donors (Lipinski definition) is 0. The van der Waals surface area contributed by atoms with E-state index in [2.05, 4.69) is 5.16 Å². The first kappa shape index (κ1) is 14.7. The molecule has 0 saturated carbocycles. The molecule has 0 aliphatic heterocycles. The fourth-order valence-corrected chi connectivity index (χ4v) is 2.36. The maximum atomic E-state index is 6.24. The Bertz CT molecular complexity index is 781. The Labute approximate surface area is 134 Å². The number of rotatable bonds is 4. The second-order valence-electron chi connectivity index (χ2n) is 5.20. The summed E-state index contributed by atoms with van der Waals surface area (Å²) in [4.78, 5) is 0. The average molecular weight is 314 g/mol. The molecule has 0 spiro atoms. The zero-order valence-electron chi connectivity index (χ0n) is 12.5. The van der Waals surface area contributed by atoms with Crippen LogP contribution < -0.4 is 4.74 Å². The van der Waals surface area contributed by atoms with E-state index in [9.17, 15) is 0 Å². The molecule has 1 aromatic heterocycles. The summed E-state index contributed by atoms with van der Waals surface area (Å²) >= 11 is 6.24. The van der Waals surface area contributed by atoms with Crippen LogP contribution in [0.5, 0.6) is 5.75 Å². The molecule has 0 saturated heterocycles. The smallest absolute Gasteiger partial charge is 0.170 e. The van der Waals surface area contributed by atoms with E-state index in [1.807, 2.05) is 62.4 Å². The number of ether oxygens (including phenoxy) is 1. The molecule has 112 valence electrons. The summed E-state index contributed by atoms with van der Waals surface area (Å²) in [5, 5.41) is 4.61. The van der Waals surface area contributed by atoms with Crippen LogP contribution in [0.15, 0.2) is 53.1 Å². The summed E-state index contributed by atoms with van der Waals surface area (Å²) in [6, 6.07) is 15.7. The molecule has 3 aromatic rings. The van der Waals surface area contributed by atoms with Crippen molar-refractivity contribution < 1.29 is 9.26 Å². The van der Waals surface area contributed by atoms with Crippen LogP contribution in [0.3, 0.4) is 0 Å². The molecule has 3 rings (SSSR count). The van der Waals surface area contributed by atoms with Crippen molar-refractivity contribution in [3.63, 3.8) is 0 Å². The monoisotopic (exact) mass is 313 g/mol. The maximum absolute atomic E-state index is 6.24. The minimum Gasteiger partial charge on any atom is -0.488 e. The molecule has 22 heavy (non-hydrogen) atoms. The highest BCUT2D eigenvalue weighted by atomic mass is 35.5. The van der Waals surface area contributed by atoms with Gasteiger partial charge in [0.15, 0.2) is 5.76 Å². The molecule has 1 heterocycles. The Balaban J connectivity index is 1.93. The summed E-state index contributed by atoms with van der Waals surface area (Å²) in [6.07, 6.45) is 0. The van der Waals surface area contributed by atoms with E-state index in [1.54, 1.807) is 0 Å². The lowest BCUT2D eigenvalue weighted by molar-refractivity contribution is 0.306. The average Bonchev–Trinajstić information content (AvgIpc) is 2.95. The van der Waals surface area contributed by atoms with Crippen molar-refractivity contribution >= 4 is 11.6 Å². The molecule has 4 heteroatoms. The van der Waals surface area contributed by atoms with Gasteiger partial charge >= 0.3 is 0 Å². The third-order valence-corrected chi connectivity index (χ3v) is 3.80. The van der Waals surface area contributed by atoms with Gasteiger partial charge in [-0.25, -0.2) is 0 Å². The fourth-order valence-electron chi connectivity index (χ4n) is 2.19. The zero-order chi connectivity index (χ0) is 15.5. The van der Waals surface area contributed by atoms with E-state index in [-0.39, 0.29) is 0 Å². The van der Waals surface area contributed by atoms with Crippen molar-refractivity contribution in [3.05, 3.63) is 70.4 Å². The lowest BCUT2D eigenvalue weighted by Gasteiger charge is -2.12. The second-order valence-corrected chi connectivity index (χ2v) is 5.61. The van der Waals surface area contributed by atoms with Gasteiger partial charge < -0.3 is 9.26 Å². The first-order valence-electron chi connectivity index (χ1n) is 7.04. The molecular weight excluding hydrogens is 298 g/mol. The van der Waals surface area contributed by atoms with Crippen LogP contribution in [0.25, 0.3) is 11.3 Å². The molecule has 0 atom stereocenters. The Morgan fingerprint density at radius 1 is 1.09 bits per heavy atom. The highest BCUT2D eigenvalue weighted by Gasteiger charge is 2.14. The first-order valence-corrected chi connectivity index (χ1v) is 7.42. The Hall–Kier alpha value is -2.26. The fraction of sp³-hybridized carbons (Fsp3) is 0.167. The molecule has 0 radical (unpaired) electrons. The summed E-state index contributed by atoms with van der Waals surface area (Å²) in [5.74, 6) is 1.39. The third-order valence-electron chi connectivity index (χ3n) is 3.39. The third kappa shape index (κ3) is 3.15. The topological polar surface area (TPSA) is 35.3 Å². The van der Waals surface area contributed by atoms with Gasteiger partial charge in [0, 0.05) is 11.1 Å². The largest absolute Gasteiger partial charge is 0.488 e. The van der Waals surface area contributed by atoms with Gasteiger partial charge in [-0.2, -0.15) is 0 Å². The normalized spacial score (nSPS) is 10.7. The number of benzene rings is 2. The Morgan fingerprint density at radius 2 is 1.86 bits per heavy atom. The first-order chi connectivity index (χ1) is 10.6. The van der Waals surface area contributed by atoms with E-state index < -0.39 is 0 Å². The van der Waals surface area contributed by atoms with Crippen molar-refractivity contribution in [1.82, 2.24) is 5.16 Å². The molecule has 2 aromatic carbocycles. The maximum Gasteiger partial charge on any atom is 0.170 e. The summed E-state index contributed by atoms with van der Waals surface area (Å²) in [5.41, 5.74) is 3.70. The van der Waals surface area contributed by atoms with Gasteiger partial charge in [0.2, 0.25) is 0 Å². The van der Waals surface area contributed by atoms with Gasteiger partial charge in [0.05, 0.1) is 11.3 Å². The van der Waals surface area contributed by atoms with Crippen LogP contribution in [0.4, 0.5) is 0 Å². The van der Waals surface area contributed by atoms with Gasteiger partial charge in [-0.15, -0.1) is 0 Å². The van der Waals surface area contributed by atoms with Crippen LogP contribution in [0, 0.1) is 13.8 Å². The van der Waals surface area contributed by atoms with E-state index in [0.29, 0.717) is 17.4 Å². The molecule has 0 N–H and O–H groups in total. The van der Waals surface area contributed by atoms with Crippen molar-refractivity contribution in [2.24, 2.45) is 0 Å². The number of aryl methyl sites for hydroxylation is 2. The van der Waals surface area contributed by atoms with Crippen LogP contribution >= 0.6 is 11.6 Å². The van der Waals surface area contributed by atoms with Crippen LogP contribution in [0.1, 0.15) is 16.8 Å². The van der Waals surface area contributed by atoms with Gasteiger partial charge in [-0.1, -0.05) is 47.1 Å². The van der Waals surface area contributed by atoms with Crippen molar-refractivity contribution in [3.8, 4) is 17.1 Å². The number of aromatic nitrogens is 1. The minimum absolute atomic E-state index is 0.488. The Morgan fingerprint density at radius 3 is 2.55 bits per heavy atom. The van der Waals surface area contributed by atoms with Crippen LogP contribution in [0.2, 0.25) is 5.02 Å². The SMILES string of the molecule is Cc1cc(-c2cc(Cl)c(C)cc2OCc2ccccc2)on1. The number of hydrogen-bond acceptors (Lipinski definition) is 3. The summed E-state index contributed by atoms with van der Waals surface area (Å²) in [7, 11) is 0. The Kier molecular flexibility index (Phi) is 4.16. The molecular formula is C18H16ClNO2. The highest BCUT2D eigenvalue weighted by molar-refractivity contribution is 6.31. The summed E-state index contributed by atoms with van der Waals surface area (Å²) < 4.78 is 11.3. The van der Waals surface area contributed by atoms with Gasteiger partial charge in [-0.05, 0) is 37.1 Å². The van der Waals surface area contributed by atoms with E-state index in [0.717, 1.165) is 28.1 Å². The lowest BCUT2D eigenvalue weighted by atomic mass is 10.1. The molecule has 0 unspecified atom stereocenters. The van der Waals surface area contributed by atoms with Crippen LogP contribution in [-0.2, 0) is 6.61 Å². The lowest BCUT2D eigenvalue weighted by Crippen LogP contribution is -1.97.